The first kappa shape index (κ1) is 12.2. The van der Waals surface area contributed by atoms with E-state index in [1.807, 2.05) is 0 Å². The highest BCUT2D eigenvalue weighted by Crippen LogP contribution is 2.16. The zero-order valence-corrected chi connectivity index (χ0v) is 9.63. The largest absolute Gasteiger partial charge is 0.384 e. The lowest BCUT2D eigenvalue weighted by atomic mass is 10.4. The van der Waals surface area contributed by atoms with Crippen molar-refractivity contribution >= 4 is 27.5 Å². The summed E-state index contributed by atoms with van der Waals surface area (Å²) in [7, 11) is -1.95. The summed E-state index contributed by atoms with van der Waals surface area (Å²) in [5.74, 6) is 0.106. The maximum absolute atomic E-state index is 11.3. The fourth-order valence-corrected chi connectivity index (χ4v) is 1.64. The lowest BCUT2D eigenvalue weighted by molar-refractivity contribution is 0.254. The van der Waals surface area contributed by atoms with E-state index in [-0.39, 0.29) is 16.5 Å². The van der Waals surface area contributed by atoms with E-state index in [4.69, 9.17) is 5.73 Å². The van der Waals surface area contributed by atoms with Gasteiger partial charge >= 0.3 is 6.03 Å². The lowest BCUT2D eigenvalue weighted by Gasteiger charge is -2.06. The number of nitrogens with two attached hydrogens (primary N) is 1. The van der Waals surface area contributed by atoms with E-state index in [1.165, 1.54) is 19.2 Å². The average molecular weight is 244 g/mol. The smallest absolute Gasteiger partial charge is 0.320 e. The number of hydrogen-bond donors (Lipinski definition) is 3. The van der Waals surface area contributed by atoms with Gasteiger partial charge in [-0.3, -0.25) is 5.32 Å². The van der Waals surface area contributed by atoms with E-state index in [0.29, 0.717) is 0 Å². The summed E-state index contributed by atoms with van der Waals surface area (Å²) in [4.78, 5) is 14.8. The number of nitrogens with one attached hydrogen (secondary N) is 2. The van der Waals surface area contributed by atoms with Crippen LogP contribution < -0.4 is 16.4 Å². The summed E-state index contributed by atoms with van der Waals surface area (Å²) in [6.07, 6.45) is 1.05. The Morgan fingerprint density at radius 1 is 1.44 bits per heavy atom. The van der Waals surface area contributed by atoms with Gasteiger partial charge in [-0.15, -0.1) is 0 Å². The molecule has 0 aromatic carbocycles. The summed E-state index contributed by atoms with van der Waals surface area (Å²) < 4.78 is 22.6. The fraction of sp³-hybridized carbons (Fsp3) is 0.250. The third kappa shape index (κ3) is 3.09. The molecule has 0 saturated carbocycles. The number of hydrogen-bond acceptors (Lipinski definition) is 5. The number of rotatable bonds is 2. The molecule has 0 aliphatic heterocycles. The first-order valence-corrected chi connectivity index (χ1v) is 6.18. The number of nitrogens with zero attached hydrogens (tertiary/aromatic N) is 1. The third-order valence-corrected chi connectivity index (χ3v) is 2.81. The minimum absolute atomic E-state index is 0.00593. The number of carbonyl (C=O) groups excluding carboxylic acids is 1. The SMILES string of the molecule is CNC(=O)Nc1cc(S(C)(=O)=O)cc(N)n1. The van der Waals surface area contributed by atoms with E-state index in [9.17, 15) is 13.2 Å². The number of pyridine rings is 1. The Morgan fingerprint density at radius 2 is 2.06 bits per heavy atom. The number of aromatic nitrogens is 1. The molecule has 2 amide bonds. The maximum atomic E-state index is 11.3. The van der Waals surface area contributed by atoms with Gasteiger partial charge in [0.05, 0.1) is 4.90 Å². The molecule has 88 valence electrons. The van der Waals surface area contributed by atoms with Crippen LogP contribution in [0.4, 0.5) is 16.4 Å². The van der Waals surface area contributed by atoms with Crippen LogP contribution in [0.15, 0.2) is 17.0 Å². The number of nitrogen functional groups attached to an aromatic ring is 1. The molecule has 0 aliphatic rings. The molecule has 8 heteroatoms. The van der Waals surface area contributed by atoms with Crippen LogP contribution in [0.2, 0.25) is 0 Å². The van der Waals surface area contributed by atoms with Crippen LogP contribution in [0.25, 0.3) is 0 Å². The van der Waals surface area contributed by atoms with Crippen LogP contribution in [0.3, 0.4) is 0 Å². The van der Waals surface area contributed by atoms with Crippen LogP contribution in [0.1, 0.15) is 0 Å². The van der Waals surface area contributed by atoms with E-state index in [1.54, 1.807) is 0 Å². The van der Waals surface area contributed by atoms with Gasteiger partial charge in [0.1, 0.15) is 11.6 Å². The second-order valence-corrected chi connectivity index (χ2v) is 5.10. The zero-order chi connectivity index (χ0) is 12.3. The second kappa shape index (κ2) is 4.35. The van der Waals surface area contributed by atoms with E-state index >= 15 is 0 Å². The molecule has 0 radical (unpaired) electrons. The summed E-state index contributed by atoms with van der Waals surface area (Å²) in [6.45, 7) is 0. The van der Waals surface area contributed by atoms with Crippen molar-refractivity contribution < 1.29 is 13.2 Å². The van der Waals surface area contributed by atoms with Crippen molar-refractivity contribution in [3.63, 3.8) is 0 Å². The Balaban J connectivity index is 3.14. The van der Waals surface area contributed by atoms with Crippen LogP contribution in [0, 0.1) is 0 Å². The van der Waals surface area contributed by atoms with Gasteiger partial charge in [-0.05, 0) is 12.1 Å². The number of sulfone groups is 1. The molecule has 0 bridgehead atoms. The number of urea groups is 1. The molecule has 1 rings (SSSR count). The normalized spacial score (nSPS) is 10.9. The maximum Gasteiger partial charge on any atom is 0.320 e. The highest BCUT2D eigenvalue weighted by Gasteiger charge is 2.11. The highest BCUT2D eigenvalue weighted by atomic mass is 32.2. The third-order valence-electron chi connectivity index (χ3n) is 1.72. The van der Waals surface area contributed by atoms with Crippen LogP contribution in [-0.4, -0.2) is 32.7 Å². The van der Waals surface area contributed by atoms with Crippen molar-refractivity contribution in [2.75, 3.05) is 24.4 Å². The Bertz CT molecular complexity index is 512. The van der Waals surface area contributed by atoms with Gasteiger partial charge in [-0.1, -0.05) is 0 Å². The minimum Gasteiger partial charge on any atom is -0.384 e. The first-order valence-electron chi connectivity index (χ1n) is 4.29. The van der Waals surface area contributed by atoms with Crippen molar-refractivity contribution in [1.82, 2.24) is 10.3 Å². The quantitative estimate of drug-likeness (QED) is 0.667. The fourth-order valence-electron chi connectivity index (χ4n) is 0.983. The van der Waals surface area contributed by atoms with E-state index in [0.717, 1.165) is 6.26 Å². The zero-order valence-electron chi connectivity index (χ0n) is 8.81. The summed E-state index contributed by atoms with van der Waals surface area (Å²) in [5.41, 5.74) is 5.43. The van der Waals surface area contributed by atoms with Gasteiger partial charge in [-0.25, -0.2) is 18.2 Å². The molecule has 1 aromatic heterocycles. The van der Waals surface area contributed by atoms with Gasteiger partial charge < -0.3 is 11.1 Å². The number of carbonyl (C=O) groups is 1. The molecule has 0 aliphatic carbocycles. The van der Waals surface area contributed by atoms with Crippen LogP contribution in [-0.2, 0) is 9.84 Å². The molecule has 4 N–H and O–H groups in total. The Kier molecular flexibility index (Phi) is 3.33. The standard InChI is InChI=1S/C8H12N4O3S/c1-10-8(13)12-7-4-5(16(2,14)15)3-6(9)11-7/h3-4H,1-2H3,(H4,9,10,11,12,13). The van der Waals surface area contributed by atoms with Crippen molar-refractivity contribution in [3.8, 4) is 0 Å². The van der Waals surface area contributed by atoms with Crippen molar-refractivity contribution in [2.45, 2.75) is 4.90 Å². The summed E-state index contributed by atoms with van der Waals surface area (Å²) in [6, 6.07) is 1.96. The van der Waals surface area contributed by atoms with Gasteiger partial charge in [0.15, 0.2) is 9.84 Å². The molecule has 0 unspecified atom stereocenters. The molecule has 1 heterocycles. The minimum atomic E-state index is -3.38. The van der Waals surface area contributed by atoms with Gasteiger partial charge in [0.25, 0.3) is 0 Å². The molecule has 16 heavy (non-hydrogen) atoms. The number of amides is 2. The predicted molar refractivity (Wildman–Crippen MR) is 59.8 cm³/mol. The Labute approximate surface area is 93.0 Å². The second-order valence-electron chi connectivity index (χ2n) is 3.09. The first-order chi connectivity index (χ1) is 7.32. The molecule has 7 nitrogen and oxygen atoms in total. The van der Waals surface area contributed by atoms with Crippen LogP contribution >= 0.6 is 0 Å². The lowest BCUT2D eigenvalue weighted by Crippen LogP contribution is -2.25. The molecule has 0 spiro atoms. The molecule has 1 aromatic rings. The summed E-state index contributed by atoms with van der Waals surface area (Å²) in [5, 5.41) is 4.65. The van der Waals surface area contributed by atoms with Crippen molar-refractivity contribution in [1.29, 1.82) is 0 Å². The molecule has 0 saturated heterocycles. The topological polar surface area (TPSA) is 114 Å². The van der Waals surface area contributed by atoms with Gasteiger partial charge in [0, 0.05) is 13.3 Å². The Morgan fingerprint density at radius 3 is 2.56 bits per heavy atom. The van der Waals surface area contributed by atoms with E-state index < -0.39 is 15.9 Å². The Hall–Kier alpha value is -1.83. The average Bonchev–Trinajstić information content (AvgIpc) is 2.15. The van der Waals surface area contributed by atoms with E-state index in [2.05, 4.69) is 15.6 Å². The van der Waals surface area contributed by atoms with Crippen molar-refractivity contribution in [2.24, 2.45) is 0 Å². The molecular formula is C8H12N4O3S. The molecule has 0 fully saturated rings. The number of anilines is 2. The van der Waals surface area contributed by atoms with Crippen molar-refractivity contribution in [3.05, 3.63) is 12.1 Å². The molecular weight excluding hydrogens is 232 g/mol. The monoisotopic (exact) mass is 244 g/mol. The van der Waals surface area contributed by atoms with Crippen LogP contribution in [0.5, 0.6) is 0 Å². The van der Waals surface area contributed by atoms with Gasteiger partial charge in [-0.2, -0.15) is 0 Å². The predicted octanol–water partition coefficient (Wildman–Crippen LogP) is -0.181. The molecule has 0 atom stereocenters. The summed E-state index contributed by atoms with van der Waals surface area (Å²) >= 11 is 0. The van der Waals surface area contributed by atoms with Gasteiger partial charge in [0.2, 0.25) is 0 Å². The highest BCUT2D eigenvalue weighted by molar-refractivity contribution is 7.90.